The first-order chi connectivity index (χ1) is 3.80. The van der Waals surface area contributed by atoms with E-state index < -0.39 is 0 Å². The van der Waals surface area contributed by atoms with Gasteiger partial charge in [0.15, 0.2) is 0 Å². The molecule has 0 radical (unpaired) electrons. The first-order valence-electron chi connectivity index (χ1n) is 3.21. The highest BCUT2D eigenvalue weighted by Gasteiger charge is 2.11. The van der Waals surface area contributed by atoms with Gasteiger partial charge in [0.2, 0.25) is 0 Å². The highest BCUT2D eigenvalue weighted by atomic mass is 15.2. The number of nitrogens with zero attached hydrogens (tertiary/aromatic N) is 1. The van der Waals surface area contributed by atoms with E-state index >= 15 is 0 Å². The maximum Gasteiger partial charge on any atom is 0.0189 e. The van der Waals surface area contributed by atoms with E-state index in [9.17, 15) is 0 Å². The van der Waals surface area contributed by atoms with Crippen molar-refractivity contribution < 1.29 is 1.43 Å². The standard InChI is InChI=1S/C6H14N2.H2/c1-6-5-7-3-4-8(6)2;/h6-7H,3-5H2,1-2H3;1H/t6-;/m1./s1. The predicted molar refractivity (Wildman–Crippen MR) is 37.1 cm³/mol. The molecule has 0 saturated carbocycles. The monoisotopic (exact) mass is 116 g/mol. The molecule has 0 aromatic carbocycles. The Kier molecular flexibility index (Phi) is 1.86. The third-order valence-corrected chi connectivity index (χ3v) is 1.83. The van der Waals surface area contributed by atoms with Crippen LogP contribution in [0.4, 0.5) is 0 Å². The Balaban J connectivity index is 0.000000640. The zero-order chi connectivity index (χ0) is 5.98. The minimum Gasteiger partial charge on any atom is -0.314 e. The molecule has 50 valence electrons. The molecule has 1 aliphatic rings. The van der Waals surface area contributed by atoms with Crippen LogP contribution in [0.3, 0.4) is 0 Å². The molecule has 1 heterocycles. The Morgan fingerprint density at radius 2 is 2.50 bits per heavy atom. The summed E-state index contributed by atoms with van der Waals surface area (Å²) in [5.74, 6) is 0. The average Bonchev–Trinajstić information content (AvgIpc) is 1.77. The van der Waals surface area contributed by atoms with Crippen LogP contribution in [-0.2, 0) is 0 Å². The van der Waals surface area contributed by atoms with Crippen LogP contribution in [0.25, 0.3) is 0 Å². The van der Waals surface area contributed by atoms with Gasteiger partial charge in [0, 0.05) is 27.1 Å². The number of rotatable bonds is 0. The van der Waals surface area contributed by atoms with Crippen LogP contribution in [-0.4, -0.2) is 37.6 Å². The van der Waals surface area contributed by atoms with Gasteiger partial charge in [0.1, 0.15) is 0 Å². The van der Waals surface area contributed by atoms with Crippen molar-refractivity contribution in [1.29, 1.82) is 0 Å². The summed E-state index contributed by atoms with van der Waals surface area (Å²) in [5, 5.41) is 3.32. The van der Waals surface area contributed by atoms with Crippen molar-refractivity contribution in [3.8, 4) is 0 Å². The van der Waals surface area contributed by atoms with Crippen LogP contribution >= 0.6 is 0 Å². The maximum absolute atomic E-state index is 3.32. The summed E-state index contributed by atoms with van der Waals surface area (Å²) in [5.41, 5.74) is 0. The Bertz CT molecular complexity index is 67.5. The molecule has 2 nitrogen and oxygen atoms in total. The van der Waals surface area contributed by atoms with Crippen LogP contribution in [0.2, 0.25) is 0 Å². The van der Waals surface area contributed by atoms with Gasteiger partial charge in [-0.3, -0.25) is 0 Å². The molecule has 1 aliphatic heterocycles. The summed E-state index contributed by atoms with van der Waals surface area (Å²) in [6.45, 7) is 5.74. The molecule has 0 aromatic heterocycles. The lowest BCUT2D eigenvalue weighted by Gasteiger charge is -2.29. The van der Waals surface area contributed by atoms with E-state index in [1.165, 1.54) is 6.54 Å². The molecule has 0 aliphatic carbocycles. The number of hydrogen-bond donors (Lipinski definition) is 1. The lowest BCUT2D eigenvalue weighted by molar-refractivity contribution is 0.215. The fourth-order valence-corrected chi connectivity index (χ4v) is 0.943. The highest BCUT2D eigenvalue weighted by molar-refractivity contribution is 4.71. The summed E-state index contributed by atoms with van der Waals surface area (Å²) >= 11 is 0. The van der Waals surface area contributed by atoms with Crippen molar-refractivity contribution in [1.82, 2.24) is 10.2 Å². The molecule has 2 heteroatoms. The minimum atomic E-state index is 0. The van der Waals surface area contributed by atoms with Crippen LogP contribution < -0.4 is 5.32 Å². The van der Waals surface area contributed by atoms with Gasteiger partial charge in [0.25, 0.3) is 0 Å². The molecule has 0 amide bonds. The number of likely N-dealkylation sites (N-methyl/N-ethyl adjacent to an activating group) is 1. The lowest BCUT2D eigenvalue weighted by atomic mass is 10.2. The summed E-state index contributed by atoms with van der Waals surface area (Å²) in [6, 6.07) is 0.726. The van der Waals surface area contributed by atoms with E-state index in [0.717, 1.165) is 19.1 Å². The van der Waals surface area contributed by atoms with E-state index in [4.69, 9.17) is 0 Å². The van der Waals surface area contributed by atoms with Crippen LogP contribution in [0.5, 0.6) is 0 Å². The van der Waals surface area contributed by atoms with Gasteiger partial charge in [-0.2, -0.15) is 0 Å². The quantitative estimate of drug-likeness (QED) is 0.485. The molecule has 0 unspecified atom stereocenters. The molecule has 0 bridgehead atoms. The summed E-state index contributed by atoms with van der Waals surface area (Å²) in [6.07, 6.45) is 0. The predicted octanol–water partition coefficient (Wildman–Crippen LogP) is 0.156. The molecule has 0 spiro atoms. The molecule has 1 fully saturated rings. The largest absolute Gasteiger partial charge is 0.314 e. The number of hydrogen-bond acceptors (Lipinski definition) is 2. The molecule has 1 rings (SSSR count). The van der Waals surface area contributed by atoms with Crippen LogP contribution in [0.1, 0.15) is 8.35 Å². The fraction of sp³-hybridized carbons (Fsp3) is 1.00. The smallest absolute Gasteiger partial charge is 0.0189 e. The Morgan fingerprint density at radius 3 is 2.88 bits per heavy atom. The molecular weight excluding hydrogens is 100 g/mol. The van der Waals surface area contributed by atoms with E-state index in [-0.39, 0.29) is 1.43 Å². The average molecular weight is 116 g/mol. The fourth-order valence-electron chi connectivity index (χ4n) is 0.943. The third kappa shape index (κ3) is 1.20. The Labute approximate surface area is 52.4 Å². The van der Waals surface area contributed by atoms with E-state index in [1.807, 2.05) is 0 Å². The van der Waals surface area contributed by atoms with E-state index in [0.29, 0.717) is 0 Å². The maximum atomic E-state index is 3.32. The van der Waals surface area contributed by atoms with Crippen molar-refractivity contribution in [2.75, 3.05) is 26.7 Å². The second kappa shape index (κ2) is 2.46. The zero-order valence-electron chi connectivity index (χ0n) is 5.65. The number of nitrogens with one attached hydrogen (secondary N) is 1. The van der Waals surface area contributed by atoms with Crippen LogP contribution in [0.15, 0.2) is 0 Å². The van der Waals surface area contributed by atoms with Crippen molar-refractivity contribution in [2.24, 2.45) is 0 Å². The SMILES string of the molecule is C[C@@H]1CNCCN1C.[HH]. The first kappa shape index (κ1) is 6.05. The van der Waals surface area contributed by atoms with Crippen molar-refractivity contribution >= 4 is 0 Å². The van der Waals surface area contributed by atoms with Crippen molar-refractivity contribution in [3.05, 3.63) is 0 Å². The first-order valence-corrected chi connectivity index (χ1v) is 3.21. The Morgan fingerprint density at radius 1 is 1.75 bits per heavy atom. The van der Waals surface area contributed by atoms with Gasteiger partial charge < -0.3 is 10.2 Å². The Hall–Kier alpha value is -0.0800. The second-order valence-electron chi connectivity index (χ2n) is 2.53. The van der Waals surface area contributed by atoms with Crippen molar-refractivity contribution in [3.63, 3.8) is 0 Å². The highest BCUT2D eigenvalue weighted by Crippen LogP contribution is 1.95. The molecule has 1 N–H and O–H groups in total. The molecule has 1 atom stereocenters. The minimum absolute atomic E-state index is 0. The van der Waals surface area contributed by atoms with Crippen LogP contribution in [0, 0.1) is 0 Å². The molecular formula is C6H16N2. The second-order valence-corrected chi connectivity index (χ2v) is 2.53. The molecule has 8 heavy (non-hydrogen) atoms. The summed E-state index contributed by atoms with van der Waals surface area (Å²) in [4.78, 5) is 2.37. The van der Waals surface area contributed by atoms with E-state index in [1.54, 1.807) is 0 Å². The number of piperazine rings is 1. The van der Waals surface area contributed by atoms with Gasteiger partial charge in [-0.25, -0.2) is 0 Å². The normalized spacial score (nSPS) is 33.0. The van der Waals surface area contributed by atoms with Gasteiger partial charge >= 0.3 is 0 Å². The van der Waals surface area contributed by atoms with Gasteiger partial charge in [-0.15, -0.1) is 0 Å². The van der Waals surface area contributed by atoms with Gasteiger partial charge in [-0.1, -0.05) is 0 Å². The topological polar surface area (TPSA) is 15.3 Å². The summed E-state index contributed by atoms with van der Waals surface area (Å²) < 4.78 is 0. The molecule has 0 aromatic rings. The summed E-state index contributed by atoms with van der Waals surface area (Å²) in [7, 11) is 2.17. The molecule has 1 saturated heterocycles. The lowest BCUT2D eigenvalue weighted by Crippen LogP contribution is -2.47. The van der Waals surface area contributed by atoms with Crippen molar-refractivity contribution in [2.45, 2.75) is 13.0 Å². The van der Waals surface area contributed by atoms with Gasteiger partial charge in [0.05, 0.1) is 0 Å². The third-order valence-electron chi connectivity index (χ3n) is 1.83. The van der Waals surface area contributed by atoms with Gasteiger partial charge in [-0.05, 0) is 14.0 Å². The van der Waals surface area contributed by atoms with E-state index in [2.05, 4.69) is 24.2 Å². The zero-order valence-corrected chi connectivity index (χ0v) is 5.65.